The van der Waals surface area contributed by atoms with Crippen molar-refractivity contribution in [3.63, 3.8) is 0 Å². The Morgan fingerprint density at radius 2 is 1.74 bits per heavy atom. The van der Waals surface area contributed by atoms with Gasteiger partial charge >= 0.3 is 0 Å². The van der Waals surface area contributed by atoms with Crippen molar-refractivity contribution in [3.05, 3.63) is 66.0 Å². The lowest BCUT2D eigenvalue weighted by Gasteiger charge is -2.33. The molecule has 0 radical (unpaired) electrons. The average molecular weight is 421 g/mol. The molecule has 1 aromatic carbocycles. The van der Waals surface area contributed by atoms with E-state index in [1.165, 1.54) is 5.56 Å². The zero-order valence-electron chi connectivity index (χ0n) is 17.9. The summed E-state index contributed by atoms with van der Waals surface area (Å²) in [5, 5.41) is 18.0. The van der Waals surface area contributed by atoms with Crippen molar-refractivity contribution < 1.29 is 9.90 Å². The van der Waals surface area contributed by atoms with E-state index >= 15 is 0 Å². The monoisotopic (exact) mass is 420 g/mol. The number of hydrogen-bond acceptors (Lipinski definition) is 5. The number of aliphatic hydroxyl groups is 1. The highest BCUT2D eigenvalue weighted by Gasteiger charge is 2.55. The van der Waals surface area contributed by atoms with Gasteiger partial charge in [-0.1, -0.05) is 43.2 Å². The number of fused-ring (bicyclic) bond motifs is 1. The summed E-state index contributed by atoms with van der Waals surface area (Å²) in [6, 6.07) is 14.1. The molecular formula is C25H32N4O2. The maximum absolute atomic E-state index is 13.1. The van der Waals surface area contributed by atoms with Gasteiger partial charge in [0, 0.05) is 44.0 Å². The van der Waals surface area contributed by atoms with Gasteiger partial charge in [0.05, 0.1) is 6.67 Å². The van der Waals surface area contributed by atoms with Gasteiger partial charge in [-0.3, -0.25) is 20.0 Å². The average Bonchev–Trinajstić information content (AvgIpc) is 3.20. The Morgan fingerprint density at radius 1 is 1.06 bits per heavy atom. The van der Waals surface area contributed by atoms with Gasteiger partial charge in [0.15, 0.2) is 5.60 Å². The van der Waals surface area contributed by atoms with Crippen LogP contribution in [0.4, 0.5) is 0 Å². The van der Waals surface area contributed by atoms with Gasteiger partial charge in [-0.2, -0.15) is 0 Å². The number of carbonyl (C=O) groups is 1. The molecule has 4 atom stereocenters. The second-order valence-electron chi connectivity index (χ2n) is 9.40. The van der Waals surface area contributed by atoms with Crippen LogP contribution in [0.3, 0.4) is 0 Å². The number of rotatable bonds is 8. The van der Waals surface area contributed by atoms with Gasteiger partial charge in [0.2, 0.25) is 0 Å². The topological polar surface area (TPSA) is 77.5 Å². The van der Waals surface area contributed by atoms with Gasteiger partial charge in [0.25, 0.3) is 5.91 Å². The Hall–Kier alpha value is -2.28. The lowest BCUT2D eigenvalue weighted by atomic mass is 9.79. The smallest absolute Gasteiger partial charge is 0.257 e. The van der Waals surface area contributed by atoms with Crippen molar-refractivity contribution in [2.75, 3.05) is 19.8 Å². The lowest BCUT2D eigenvalue weighted by Crippen LogP contribution is -2.51. The molecule has 1 saturated heterocycles. The SMILES string of the molecule is O=C(NCNC1[C@H]2CN(Cc3ccncc3)C[C@@H]12)C(O)(c1ccccc1)C1CCCC1. The van der Waals surface area contributed by atoms with E-state index in [0.29, 0.717) is 30.1 Å². The summed E-state index contributed by atoms with van der Waals surface area (Å²) in [7, 11) is 0. The quantitative estimate of drug-likeness (QED) is 0.571. The molecule has 2 saturated carbocycles. The zero-order chi connectivity index (χ0) is 21.3. The lowest BCUT2D eigenvalue weighted by molar-refractivity contribution is -0.147. The molecule has 2 heterocycles. The van der Waals surface area contributed by atoms with Crippen LogP contribution in [0, 0.1) is 17.8 Å². The first kappa shape index (κ1) is 20.6. The normalized spacial score (nSPS) is 27.6. The number of aromatic nitrogens is 1. The Morgan fingerprint density at radius 3 is 2.42 bits per heavy atom. The summed E-state index contributed by atoms with van der Waals surface area (Å²) in [6.07, 6.45) is 7.64. The Labute approximate surface area is 184 Å². The molecule has 1 aliphatic heterocycles. The number of benzene rings is 1. The fourth-order valence-electron chi connectivity index (χ4n) is 5.76. The highest BCUT2D eigenvalue weighted by Crippen LogP contribution is 2.46. The molecule has 5 rings (SSSR count). The van der Waals surface area contributed by atoms with E-state index in [-0.39, 0.29) is 11.8 Å². The molecule has 6 nitrogen and oxygen atoms in total. The molecule has 2 aromatic rings. The van der Waals surface area contributed by atoms with Gasteiger partial charge in [-0.05, 0) is 47.9 Å². The van der Waals surface area contributed by atoms with Gasteiger partial charge < -0.3 is 10.4 Å². The number of piperidine rings is 1. The molecule has 3 N–H and O–H groups in total. The van der Waals surface area contributed by atoms with Crippen molar-refractivity contribution in [1.82, 2.24) is 20.5 Å². The summed E-state index contributed by atoms with van der Waals surface area (Å²) in [4.78, 5) is 19.7. The van der Waals surface area contributed by atoms with E-state index in [0.717, 1.165) is 45.3 Å². The van der Waals surface area contributed by atoms with E-state index in [2.05, 4.69) is 32.7 Å². The van der Waals surface area contributed by atoms with Gasteiger partial charge in [-0.15, -0.1) is 0 Å². The summed E-state index contributed by atoms with van der Waals surface area (Å²) >= 11 is 0. The number of likely N-dealkylation sites (tertiary alicyclic amines) is 1. The van der Waals surface area contributed by atoms with Crippen LogP contribution < -0.4 is 10.6 Å². The number of pyridine rings is 1. The van der Waals surface area contributed by atoms with Crippen molar-refractivity contribution in [3.8, 4) is 0 Å². The first-order valence-corrected chi connectivity index (χ1v) is 11.6. The number of hydrogen-bond donors (Lipinski definition) is 3. The Bertz CT molecular complexity index is 875. The molecule has 3 fully saturated rings. The number of nitrogens with one attached hydrogen (secondary N) is 2. The highest BCUT2D eigenvalue weighted by molar-refractivity contribution is 5.86. The maximum atomic E-state index is 13.1. The van der Waals surface area contributed by atoms with E-state index in [4.69, 9.17) is 0 Å². The predicted octanol–water partition coefficient (Wildman–Crippen LogP) is 2.25. The highest BCUT2D eigenvalue weighted by atomic mass is 16.3. The fraction of sp³-hybridized carbons (Fsp3) is 0.520. The first-order chi connectivity index (χ1) is 15.2. The fourth-order valence-corrected chi connectivity index (χ4v) is 5.76. The third-order valence-electron chi connectivity index (χ3n) is 7.52. The Balaban J connectivity index is 1.12. The molecule has 31 heavy (non-hydrogen) atoms. The summed E-state index contributed by atoms with van der Waals surface area (Å²) in [5.41, 5.74) is 0.565. The molecule has 0 bridgehead atoms. The number of amides is 1. The van der Waals surface area contributed by atoms with Crippen LogP contribution in [0.2, 0.25) is 0 Å². The third kappa shape index (κ3) is 4.12. The van der Waals surface area contributed by atoms with Gasteiger partial charge in [0.1, 0.15) is 0 Å². The molecule has 6 heteroatoms. The second-order valence-corrected chi connectivity index (χ2v) is 9.40. The first-order valence-electron chi connectivity index (χ1n) is 11.6. The van der Waals surface area contributed by atoms with E-state index < -0.39 is 5.60 Å². The van der Waals surface area contributed by atoms with Crippen molar-refractivity contribution in [2.24, 2.45) is 17.8 Å². The third-order valence-corrected chi connectivity index (χ3v) is 7.52. The van der Waals surface area contributed by atoms with E-state index in [1.54, 1.807) is 0 Å². The van der Waals surface area contributed by atoms with E-state index in [1.807, 2.05) is 42.7 Å². The van der Waals surface area contributed by atoms with Crippen LogP contribution >= 0.6 is 0 Å². The minimum atomic E-state index is -1.44. The summed E-state index contributed by atoms with van der Waals surface area (Å²) in [5.74, 6) is 1.02. The molecule has 2 unspecified atom stereocenters. The largest absolute Gasteiger partial charge is 0.375 e. The van der Waals surface area contributed by atoms with Crippen LogP contribution in [0.5, 0.6) is 0 Å². The van der Waals surface area contributed by atoms with Crippen LogP contribution in [-0.4, -0.2) is 46.7 Å². The van der Waals surface area contributed by atoms with Crippen LogP contribution in [-0.2, 0) is 16.9 Å². The van der Waals surface area contributed by atoms with Crippen LogP contribution in [0.25, 0.3) is 0 Å². The Kier molecular flexibility index (Phi) is 5.78. The second kappa shape index (κ2) is 8.69. The van der Waals surface area contributed by atoms with Crippen molar-refractivity contribution >= 4 is 5.91 Å². The maximum Gasteiger partial charge on any atom is 0.257 e. The molecule has 2 aliphatic carbocycles. The molecule has 164 valence electrons. The molecule has 0 spiro atoms. The summed E-state index contributed by atoms with van der Waals surface area (Å²) < 4.78 is 0. The zero-order valence-corrected chi connectivity index (χ0v) is 17.9. The van der Waals surface area contributed by atoms with Crippen molar-refractivity contribution in [2.45, 2.75) is 43.9 Å². The van der Waals surface area contributed by atoms with E-state index in [9.17, 15) is 9.90 Å². The van der Waals surface area contributed by atoms with Crippen molar-refractivity contribution in [1.29, 1.82) is 0 Å². The number of nitrogens with zero attached hydrogens (tertiary/aromatic N) is 2. The number of carbonyl (C=O) groups excluding carboxylic acids is 1. The molecule has 3 aliphatic rings. The summed E-state index contributed by atoms with van der Waals surface area (Å²) in [6.45, 7) is 3.57. The molecule has 1 amide bonds. The minimum absolute atomic E-state index is 0.0167. The van der Waals surface area contributed by atoms with Crippen LogP contribution in [0.15, 0.2) is 54.9 Å². The van der Waals surface area contributed by atoms with Gasteiger partial charge in [-0.25, -0.2) is 0 Å². The molecule has 1 aromatic heterocycles. The minimum Gasteiger partial charge on any atom is -0.375 e. The van der Waals surface area contributed by atoms with Crippen LogP contribution in [0.1, 0.15) is 36.8 Å². The predicted molar refractivity (Wildman–Crippen MR) is 119 cm³/mol. The molecular weight excluding hydrogens is 388 g/mol. The standard InChI is InChI=1S/C25H32N4O2/c30-24(25(31,20-8-4-5-9-20)19-6-2-1-3-7-19)28-17-27-23-21-15-29(16-22(21)23)14-18-10-12-26-13-11-18/h1-3,6-7,10-13,20-23,27,31H,4-5,8-9,14-17H2,(H,28,30)/t21-,22+,23?,25?.